The first-order valence-electron chi connectivity index (χ1n) is 5.08. The van der Waals surface area contributed by atoms with E-state index in [1.54, 1.807) is 0 Å². The molecule has 1 aliphatic heterocycles. The summed E-state index contributed by atoms with van der Waals surface area (Å²) in [6.45, 7) is 1.08. The molecule has 1 aromatic carbocycles. The van der Waals surface area contributed by atoms with Gasteiger partial charge in [-0.2, -0.15) is 0 Å². The molecule has 0 aromatic heterocycles. The van der Waals surface area contributed by atoms with Gasteiger partial charge in [-0.3, -0.25) is 14.4 Å². The van der Waals surface area contributed by atoms with Crippen LogP contribution in [0.5, 0.6) is 0 Å². The van der Waals surface area contributed by atoms with Crippen LogP contribution in [-0.4, -0.2) is 18.6 Å². The van der Waals surface area contributed by atoms with Gasteiger partial charge < -0.3 is 0 Å². The second-order valence-electron chi connectivity index (χ2n) is 3.80. The number of para-hydroxylation sites is 1. The monoisotopic (exact) mass is 263 g/mol. The predicted octanol–water partition coefficient (Wildman–Crippen LogP) is 2.93. The van der Waals surface area contributed by atoms with E-state index in [4.69, 9.17) is 0 Å². The van der Waals surface area contributed by atoms with Crippen molar-refractivity contribution in [1.29, 1.82) is 0 Å². The van der Waals surface area contributed by atoms with Crippen LogP contribution in [0.25, 0.3) is 0 Å². The highest BCUT2D eigenvalue weighted by atomic mass is 19.4. The minimum absolute atomic E-state index is 0.0116. The maximum absolute atomic E-state index is 13.9. The fourth-order valence-corrected chi connectivity index (χ4v) is 1.97. The normalized spacial score (nSPS) is 23.1. The first-order valence-corrected chi connectivity index (χ1v) is 5.08. The fourth-order valence-electron chi connectivity index (χ4n) is 1.97. The van der Waals surface area contributed by atoms with Gasteiger partial charge in [-0.1, -0.05) is 18.2 Å². The van der Waals surface area contributed by atoms with Gasteiger partial charge in [-0.15, -0.1) is 13.2 Å². The summed E-state index contributed by atoms with van der Waals surface area (Å²) in [6.07, 6.45) is -8.99. The predicted molar refractivity (Wildman–Crippen MR) is 54.4 cm³/mol. The maximum atomic E-state index is 13.9. The summed E-state index contributed by atoms with van der Waals surface area (Å²) in [6, 6.07) is 5.66. The number of carbonyl (C=O) groups excluding carboxylic acids is 1. The minimum atomic E-state index is -4.96. The van der Waals surface area contributed by atoms with Crippen LogP contribution < -0.4 is 4.90 Å². The molecule has 0 saturated carbocycles. The van der Waals surface area contributed by atoms with E-state index in [2.05, 4.69) is 4.74 Å². The van der Waals surface area contributed by atoms with Crippen molar-refractivity contribution in [1.82, 2.24) is 0 Å². The van der Waals surface area contributed by atoms with E-state index < -0.39 is 24.7 Å². The smallest absolute Gasteiger partial charge is 0.278 e. The molecule has 0 spiro atoms. The van der Waals surface area contributed by atoms with Crippen molar-refractivity contribution in [2.75, 3.05) is 4.90 Å². The fraction of sp³-hybridized carbons (Fsp3) is 0.364. The highest BCUT2D eigenvalue weighted by molar-refractivity contribution is 5.94. The lowest BCUT2D eigenvalue weighted by Gasteiger charge is -2.21. The highest BCUT2D eigenvalue weighted by Gasteiger charge is 2.47. The lowest BCUT2D eigenvalue weighted by atomic mass is 10.1. The van der Waals surface area contributed by atoms with Gasteiger partial charge in [0.25, 0.3) is 0 Å². The number of amides is 1. The molecule has 0 unspecified atom stereocenters. The largest absolute Gasteiger partial charge is 0.523 e. The summed E-state index contributed by atoms with van der Waals surface area (Å²) in [5, 5.41) is 0. The molecule has 1 heterocycles. The summed E-state index contributed by atoms with van der Waals surface area (Å²) in [4.78, 5) is 11.9. The van der Waals surface area contributed by atoms with Gasteiger partial charge >= 0.3 is 6.36 Å². The van der Waals surface area contributed by atoms with E-state index in [0.717, 1.165) is 6.92 Å². The van der Waals surface area contributed by atoms with E-state index in [-0.39, 0.29) is 11.3 Å². The molecule has 1 aromatic rings. The number of fused-ring (bicyclic) bond motifs is 1. The van der Waals surface area contributed by atoms with E-state index in [0.29, 0.717) is 4.90 Å². The van der Waals surface area contributed by atoms with Crippen LogP contribution in [0.4, 0.5) is 23.2 Å². The Kier molecular flexibility index (Phi) is 3.02. The number of halogens is 4. The molecule has 1 amide bonds. The van der Waals surface area contributed by atoms with Crippen LogP contribution in [-0.2, 0) is 9.53 Å². The lowest BCUT2D eigenvalue weighted by molar-refractivity contribution is -0.349. The first-order chi connectivity index (χ1) is 8.31. The van der Waals surface area contributed by atoms with E-state index >= 15 is 0 Å². The molecule has 0 saturated heterocycles. The zero-order chi connectivity index (χ0) is 13.5. The number of rotatable bonds is 1. The maximum Gasteiger partial charge on any atom is 0.523 e. The lowest BCUT2D eigenvalue weighted by Crippen LogP contribution is -2.36. The summed E-state index contributed by atoms with van der Waals surface area (Å²) < 4.78 is 54.3. The van der Waals surface area contributed by atoms with Crippen LogP contribution in [0, 0.1) is 0 Å². The summed E-state index contributed by atoms with van der Waals surface area (Å²) in [7, 11) is 0. The molecular formula is C11H9F4NO2. The molecule has 2 atom stereocenters. The summed E-state index contributed by atoms with van der Waals surface area (Å²) >= 11 is 0. The molecule has 1 aliphatic rings. The van der Waals surface area contributed by atoms with E-state index in [1.807, 2.05) is 0 Å². The molecular weight excluding hydrogens is 254 g/mol. The number of hydrogen-bond donors (Lipinski definition) is 0. The summed E-state index contributed by atoms with van der Waals surface area (Å²) in [5.41, 5.74) is 0.115. The van der Waals surface area contributed by atoms with Crippen LogP contribution in [0.1, 0.15) is 18.6 Å². The number of alkyl halides is 4. The number of benzene rings is 1. The average molecular weight is 263 g/mol. The van der Waals surface area contributed by atoms with Crippen LogP contribution >= 0.6 is 0 Å². The molecule has 18 heavy (non-hydrogen) atoms. The van der Waals surface area contributed by atoms with E-state index in [1.165, 1.54) is 24.3 Å². The van der Waals surface area contributed by atoms with Gasteiger partial charge in [0.15, 0.2) is 0 Å². The van der Waals surface area contributed by atoms with Gasteiger partial charge in [-0.25, -0.2) is 4.39 Å². The Morgan fingerprint density at radius 3 is 2.50 bits per heavy atom. The number of nitrogens with zero attached hydrogens (tertiary/aromatic N) is 1. The van der Waals surface area contributed by atoms with Crippen molar-refractivity contribution in [3.05, 3.63) is 29.8 Å². The van der Waals surface area contributed by atoms with Crippen molar-refractivity contribution >= 4 is 11.6 Å². The van der Waals surface area contributed by atoms with Crippen LogP contribution in [0.2, 0.25) is 0 Å². The number of carbonyl (C=O) groups is 1. The third-order valence-corrected chi connectivity index (χ3v) is 2.60. The van der Waals surface area contributed by atoms with Crippen molar-refractivity contribution < 1.29 is 27.1 Å². The van der Waals surface area contributed by atoms with Gasteiger partial charge in [0.05, 0.1) is 5.69 Å². The second kappa shape index (κ2) is 4.24. The Labute approximate surface area is 99.9 Å². The van der Waals surface area contributed by atoms with E-state index in [9.17, 15) is 22.4 Å². The Morgan fingerprint density at radius 2 is 1.94 bits per heavy atom. The van der Waals surface area contributed by atoms with Crippen molar-refractivity contribution in [2.45, 2.75) is 25.7 Å². The van der Waals surface area contributed by atoms with Crippen molar-refractivity contribution in [3.63, 3.8) is 0 Å². The zero-order valence-electron chi connectivity index (χ0n) is 9.24. The summed E-state index contributed by atoms with van der Waals surface area (Å²) in [5.74, 6) is -0.678. The van der Waals surface area contributed by atoms with Crippen molar-refractivity contribution in [2.24, 2.45) is 0 Å². The Balaban J connectivity index is 2.42. The molecule has 0 fully saturated rings. The number of hydrogen-bond acceptors (Lipinski definition) is 2. The molecule has 3 nitrogen and oxygen atoms in total. The molecule has 0 bridgehead atoms. The van der Waals surface area contributed by atoms with Gasteiger partial charge in [0.2, 0.25) is 12.2 Å². The quantitative estimate of drug-likeness (QED) is 0.576. The third kappa shape index (κ3) is 2.17. The number of anilines is 1. The highest BCUT2D eigenvalue weighted by Crippen LogP contribution is 2.44. The Morgan fingerprint density at radius 1 is 1.33 bits per heavy atom. The standard InChI is InChI=1S/C11H9F4NO2/c1-6(17)16-8-5-3-2-4-7(8)9(10(16)12)18-11(13,14)15/h2-5,9-10H,1H3/t9-,10-/m1/s1. The SMILES string of the molecule is CC(=O)N1c2ccccc2[C@@H](OC(F)(F)F)[C@@H]1F. The Hall–Kier alpha value is -1.63. The molecule has 0 radical (unpaired) electrons. The number of ether oxygens (including phenoxy) is 1. The van der Waals surface area contributed by atoms with Crippen LogP contribution in [0.15, 0.2) is 24.3 Å². The molecule has 98 valence electrons. The second-order valence-corrected chi connectivity index (χ2v) is 3.80. The topological polar surface area (TPSA) is 29.5 Å². The van der Waals surface area contributed by atoms with Crippen molar-refractivity contribution in [3.8, 4) is 0 Å². The average Bonchev–Trinajstić information content (AvgIpc) is 2.50. The first kappa shape index (κ1) is 12.8. The van der Waals surface area contributed by atoms with Crippen LogP contribution in [0.3, 0.4) is 0 Å². The molecule has 0 N–H and O–H groups in total. The van der Waals surface area contributed by atoms with Gasteiger partial charge in [0.1, 0.15) is 6.10 Å². The molecule has 2 rings (SSSR count). The van der Waals surface area contributed by atoms with Gasteiger partial charge in [-0.05, 0) is 6.07 Å². The third-order valence-electron chi connectivity index (χ3n) is 2.60. The minimum Gasteiger partial charge on any atom is -0.278 e. The molecule has 7 heteroatoms. The van der Waals surface area contributed by atoms with Gasteiger partial charge in [0, 0.05) is 12.5 Å². The Bertz CT molecular complexity index is 474. The molecule has 0 aliphatic carbocycles. The zero-order valence-corrected chi connectivity index (χ0v) is 9.24.